The van der Waals surface area contributed by atoms with Gasteiger partial charge in [-0.3, -0.25) is 9.05 Å². The smallest absolute Gasteiger partial charge is 0.303 e. The summed E-state index contributed by atoms with van der Waals surface area (Å²) in [4.78, 5) is 8.96. The van der Waals surface area contributed by atoms with E-state index in [9.17, 15) is 4.57 Å². The highest BCUT2D eigenvalue weighted by Gasteiger charge is 2.17. The van der Waals surface area contributed by atoms with Crippen LogP contribution in [-0.2, 0) is 19.4 Å². The number of rotatable bonds is 8. The van der Waals surface area contributed by atoms with Crippen LogP contribution in [0.2, 0.25) is 0 Å². The molecule has 0 fully saturated rings. The van der Waals surface area contributed by atoms with E-state index in [0.717, 1.165) is 25.0 Å². The van der Waals surface area contributed by atoms with Crippen molar-refractivity contribution in [3.63, 3.8) is 0 Å². The Bertz CT molecular complexity index is 358. The van der Waals surface area contributed by atoms with Gasteiger partial charge in [0.05, 0.1) is 6.61 Å². The third kappa shape index (κ3) is 6.86. The number of hydrogen-bond acceptors (Lipinski definition) is 4. The monoisotopic (exact) mass is 276 g/mol. The van der Waals surface area contributed by atoms with Gasteiger partial charge in [0.2, 0.25) is 0 Å². The van der Waals surface area contributed by atoms with Crippen LogP contribution in [0.15, 0.2) is 30.3 Å². The molecular weight excluding hydrogens is 259 g/mol. The van der Waals surface area contributed by atoms with Crippen LogP contribution in [0.5, 0.6) is 0 Å². The molecule has 0 saturated heterocycles. The molecule has 1 rings (SSSR count). The van der Waals surface area contributed by atoms with Crippen molar-refractivity contribution < 1.29 is 18.5 Å². The molecule has 0 bridgehead atoms. The molecule has 4 nitrogen and oxygen atoms in total. The summed E-state index contributed by atoms with van der Waals surface area (Å²) in [5.74, 6) is 1.83. The second kappa shape index (κ2) is 7.90. The summed E-state index contributed by atoms with van der Waals surface area (Å²) >= 11 is 1.77. The molecule has 1 aromatic carbocycles. The minimum Gasteiger partial charge on any atom is -0.303 e. The number of thioether (sulfide) groups is 1. The fourth-order valence-corrected chi connectivity index (χ4v) is 2.52. The average Bonchev–Trinajstić information content (AvgIpc) is 2.35. The van der Waals surface area contributed by atoms with Crippen LogP contribution in [0.25, 0.3) is 0 Å². The third-order valence-electron chi connectivity index (χ3n) is 2.03. The predicted molar refractivity (Wildman–Crippen MR) is 70.0 cm³/mol. The first-order valence-electron chi connectivity index (χ1n) is 5.29. The van der Waals surface area contributed by atoms with E-state index < -0.39 is 7.82 Å². The van der Waals surface area contributed by atoms with E-state index in [0.29, 0.717) is 0 Å². The van der Waals surface area contributed by atoms with E-state index >= 15 is 0 Å². The van der Waals surface area contributed by atoms with Gasteiger partial charge in [0.15, 0.2) is 0 Å². The lowest BCUT2D eigenvalue weighted by Crippen LogP contribution is -1.96. The molecule has 0 heterocycles. The molecule has 0 aliphatic carbocycles. The summed E-state index contributed by atoms with van der Waals surface area (Å²) in [6.07, 6.45) is 0.728. The van der Waals surface area contributed by atoms with Crippen LogP contribution in [0.4, 0.5) is 0 Å². The number of phosphoric ester groups is 1. The number of phosphoric acid groups is 1. The fraction of sp³-hybridized carbons (Fsp3) is 0.455. The maximum Gasteiger partial charge on any atom is 0.471 e. The maximum atomic E-state index is 10.9. The first-order chi connectivity index (χ1) is 8.14. The summed E-state index contributed by atoms with van der Waals surface area (Å²) < 4.78 is 19.9. The molecule has 0 aromatic heterocycles. The van der Waals surface area contributed by atoms with Crippen molar-refractivity contribution in [1.29, 1.82) is 0 Å². The molecule has 0 radical (unpaired) electrons. The van der Waals surface area contributed by atoms with Gasteiger partial charge >= 0.3 is 7.82 Å². The largest absolute Gasteiger partial charge is 0.471 e. The molecule has 0 amide bonds. The highest BCUT2D eigenvalue weighted by molar-refractivity contribution is 7.98. The van der Waals surface area contributed by atoms with E-state index in [4.69, 9.17) is 9.42 Å². The van der Waals surface area contributed by atoms with Crippen molar-refractivity contribution in [2.75, 3.05) is 19.5 Å². The van der Waals surface area contributed by atoms with E-state index in [2.05, 4.69) is 16.7 Å². The zero-order chi connectivity index (χ0) is 12.6. The molecule has 96 valence electrons. The van der Waals surface area contributed by atoms with E-state index in [1.807, 2.05) is 18.2 Å². The van der Waals surface area contributed by atoms with Crippen LogP contribution >= 0.6 is 19.6 Å². The van der Waals surface area contributed by atoms with Crippen molar-refractivity contribution in [2.45, 2.75) is 12.2 Å². The van der Waals surface area contributed by atoms with Gasteiger partial charge in [-0.25, -0.2) is 4.57 Å². The summed E-state index contributed by atoms with van der Waals surface area (Å²) in [6.45, 7) is 0.239. The topological polar surface area (TPSA) is 55.8 Å². The normalized spacial score (nSPS) is 14.5. The van der Waals surface area contributed by atoms with Gasteiger partial charge in [0, 0.05) is 12.9 Å². The molecule has 0 spiro atoms. The Balaban J connectivity index is 2.04. The summed E-state index contributed by atoms with van der Waals surface area (Å²) in [6, 6.07) is 10.2. The molecule has 17 heavy (non-hydrogen) atoms. The third-order valence-corrected chi connectivity index (χ3v) is 4.11. The van der Waals surface area contributed by atoms with Crippen LogP contribution in [0.3, 0.4) is 0 Å². The minimum atomic E-state index is -3.79. The van der Waals surface area contributed by atoms with E-state index in [1.54, 1.807) is 11.8 Å². The number of benzene rings is 1. The molecule has 1 aromatic rings. The van der Waals surface area contributed by atoms with Crippen molar-refractivity contribution in [2.24, 2.45) is 0 Å². The van der Waals surface area contributed by atoms with Crippen molar-refractivity contribution in [3.8, 4) is 0 Å². The van der Waals surface area contributed by atoms with Gasteiger partial charge in [0.25, 0.3) is 0 Å². The molecule has 1 N–H and O–H groups in total. The Morgan fingerprint density at radius 2 is 2.06 bits per heavy atom. The zero-order valence-electron chi connectivity index (χ0n) is 9.74. The highest BCUT2D eigenvalue weighted by atomic mass is 32.2. The van der Waals surface area contributed by atoms with Crippen LogP contribution in [0.1, 0.15) is 12.0 Å². The van der Waals surface area contributed by atoms with Gasteiger partial charge < -0.3 is 4.89 Å². The van der Waals surface area contributed by atoms with Crippen LogP contribution < -0.4 is 0 Å². The molecule has 0 aliphatic heterocycles. The Labute approximate surface area is 106 Å². The Morgan fingerprint density at radius 1 is 1.35 bits per heavy atom. The SMILES string of the molecule is COP(=O)(O)OCCCSCc1ccccc1. The molecule has 6 heteroatoms. The molecular formula is C11H17O4PS. The van der Waals surface area contributed by atoms with Gasteiger partial charge in [-0.1, -0.05) is 30.3 Å². The maximum absolute atomic E-state index is 10.9. The van der Waals surface area contributed by atoms with Crippen LogP contribution in [0, 0.1) is 0 Å². The van der Waals surface area contributed by atoms with Gasteiger partial charge in [0.1, 0.15) is 0 Å². The fourth-order valence-electron chi connectivity index (χ4n) is 1.16. The number of hydrogen-bond donors (Lipinski definition) is 1. The van der Waals surface area contributed by atoms with Gasteiger partial charge in [-0.2, -0.15) is 11.8 Å². The molecule has 0 aliphatic rings. The first-order valence-corrected chi connectivity index (χ1v) is 7.94. The summed E-state index contributed by atoms with van der Waals surface area (Å²) in [7, 11) is -2.63. The lowest BCUT2D eigenvalue weighted by Gasteiger charge is -2.08. The van der Waals surface area contributed by atoms with Crippen molar-refractivity contribution >= 4 is 19.6 Å². The quantitative estimate of drug-likeness (QED) is 0.584. The first kappa shape index (κ1) is 14.7. The lowest BCUT2D eigenvalue weighted by atomic mass is 10.2. The molecule has 1 unspecified atom stereocenters. The second-order valence-electron chi connectivity index (χ2n) is 3.38. The lowest BCUT2D eigenvalue weighted by molar-refractivity contribution is 0.174. The van der Waals surface area contributed by atoms with Crippen molar-refractivity contribution in [3.05, 3.63) is 35.9 Å². The zero-order valence-corrected chi connectivity index (χ0v) is 11.5. The van der Waals surface area contributed by atoms with Gasteiger partial charge in [-0.05, 0) is 17.7 Å². The average molecular weight is 276 g/mol. The predicted octanol–water partition coefficient (Wildman–Crippen LogP) is 3.07. The van der Waals surface area contributed by atoms with Crippen LogP contribution in [-0.4, -0.2) is 24.4 Å². The second-order valence-corrected chi connectivity index (χ2v) is 6.04. The minimum absolute atomic E-state index is 0.239. The Morgan fingerprint density at radius 3 is 2.71 bits per heavy atom. The molecule has 0 saturated carbocycles. The summed E-state index contributed by atoms with van der Waals surface area (Å²) in [5.41, 5.74) is 1.28. The Hall–Kier alpha value is -0.320. The Kier molecular flexibility index (Phi) is 6.85. The van der Waals surface area contributed by atoms with E-state index in [-0.39, 0.29) is 6.61 Å². The molecule has 1 atom stereocenters. The van der Waals surface area contributed by atoms with Crippen molar-refractivity contribution in [1.82, 2.24) is 0 Å². The standard InChI is InChI=1S/C11H17O4PS/c1-14-16(12,13)15-8-5-9-17-10-11-6-3-2-4-7-11/h2-4,6-7H,5,8-10H2,1H3,(H,12,13). The van der Waals surface area contributed by atoms with E-state index in [1.165, 1.54) is 5.56 Å². The highest BCUT2D eigenvalue weighted by Crippen LogP contribution is 2.41. The van der Waals surface area contributed by atoms with Gasteiger partial charge in [-0.15, -0.1) is 0 Å². The summed E-state index contributed by atoms with van der Waals surface area (Å²) in [5, 5.41) is 0.